The number of hydrogen-bond acceptors (Lipinski definition) is 2. The minimum atomic E-state index is 0.500. The van der Waals surface area contributed by atoms with Crippen LogP contribution in [0.5, 0.6) is 0 Å². The second-order valence-electron chi connectivity index (χ2n) is 0.183. The van der Waals surface area contributed by atoms with E-state index in [2.05, 4.69) is 0 Å². The highest BCUT2D eigenvalue weighted by molar-refractivity contribution is 5.37. The molecule has 0 bridgehead atoms. The lowest BCUT2D eigenvalue weighted by Crippen LogP contribution is -1.13. The summed E-state index contributed by atoms with van der Waals surface area (Å²) in [4.78, 5) is 16.5. The Balaban J connectivity index is 0. The van der Waals surface area contributed by atoms with E-state index in [0.717, 1.165) is 0 Å². The lowest BCUT2D eigenvalue weighted by molar-refractivity contribution is 0.568. The molecule has 0 radical (unpaired) electrons. The van der Waals surface area contributed by atoms with Crippen molar-refractivity contribution in [1.29, 1.82) is 0 Å². The highest BCUT2D eigenvalue weighted by Crippen LogP contribution is 0.952. The molecule has 0 spiro atoms. The van der Waals surface area contributed by atoms with Crippen molar-refractivity contribution >= 4 is 12.2 Å². The van der Waals surface area contributed by atoms with Crippen molar-refractivity contribution in [3.05, 3.63) is 10.8 Å². The van der Waals surface area contributed by atoms with Gasteiger partial charge in [0, 0.05) is 0 Å². The second-order valence-corrected chi connectivity index (χ2v) is 0.183. The lowest BCUT2D eigenvalue weighted by atomic mass is 11.7. The average molecular weight is 84.0 g/mol. The summed E-state index contributed by atoms with van der Waals surface area (Å²) >= 11 is 0. The minimum Gasteiger partial charge on any atom is -0.724 e. The highest BCUT2D eigenvalue weighted by Gasteiger charge is 0.793. The molecule has 4 nitrogen and oxygen atoms in total. The van der Waals surface area contributed by atoms with Crippen LogP contribution in [0, 0.1) is 0 Å². The molecule has 0 saturated heterocycles. The van der Waals surface area contributed by atoms with E-state index in [4.69, 9.17) is 20.4 Å². The van der Waals surface area contributed by atoms with E-state index in [1.165, 1.54) is 0 Å². The first kappa shape index (κ1) is 8.83. The van der Waals surface area contributed by atoms with Crippen LogP contribution in [0.2, 0.25) is 0 Å². The Kier molecular flexibility index (Phi) is 73.0. The molecular formula is C2N2O2-2. The molecule has 4 heteroatoms. The largest absolute Gasteiger partial charge is 0.724 e. The Hall–Kier alpha value is -1.24. The zero-order chi connectivity index (χ0) is 5.41. The van der Waals surface area contributed by atoms with Crippen molar-refractivity contribution in [2.45, 2.75) is 0 Å². The van der Waals surface area contributed by atoms with Crippen molar-refractivity contribution in [3.8, 4) is 0 Å². The molecule has 0 saturated carbocycles. The number of rotatable bonds is 0. The highest BCUT2D eigenvalue weighted by atomic mass is 16.1. The van der Waals surface area contributed by atoms with Gasteiger partial charge in [-0.3, -0.25) is 9.59 Å². The standard InChI is InChI=1S/2CNO/c2*2-1-3/q2*-1. The summed E-state index contributed by atoms with van der Waals surface area (Å²) in [6, 6.07) is 0. The van der Waals surface area contributed by atoms with E-state index in [9.17, 15) is 0 Å². The van der Waals surface area contributed by atoms with E-state index in [1.807, 2.05) is 0 Å². The van der Waals surface area contributed by atoms with E-state index in [-0.39, 0.29) is 0 Å². The monoisotopic (exact) mass is 84.0 g/mol. The van der Waals surface area contributed by atoms with Crippen molar-refractivity contribution < 1.29 is 9.59 Å². The van der Waals surface area contributed by atoms with Crippen LogP contribution in [0.3, 0.4) is 0 Å². The fraction of sp³-hybridized carbons (Fsp3) is 0. The van der Waals surface area contributed by atoms with Gasteiger partial charge < -0.3 is 10.8 Å². The van der Waals surface area contributed by atoms with Crippen molar-refractivity contribution in [2.24, 2.45) is 0 Å². The number of nitrogens with zero attached hydrogens (tertiary/aromatic N) is 2. The zero-order valence-electron chi connectivity index (χ0n) is 2.71. The summed E-state index contributed by atoms with van der Waals surface area (Å²) in [5.74, 6) is 0. The van der Waals surface area contributed by atoms with Gasteiger partial charge in [-0.15, -0.1) is 0 Å². The summed E-state index contributed by atoms with van der Waals surface area (Å²) in [6.07, 6.45) is 1.00. The topological polar surface area (TPSA) is 78.7 Å². The molecule has 0 aromatic carbocycles. The summed E-state index contributed by atoms with van der Waals surface area (Å²) < 4.78 is 0. The maximum absolute atomic E-state index is 8.24. The quantitative estimate of drug-likeness (QED) is 0.300. The predicted octanol–water partition coefficient (Wildman–Crippen LogP) is -0.217. The molecule has 0 unspecified atom stereocenters. The van der Waals surface area contributed by atoms with Gasteiger partial charge in [0.2, 0.25) is 0 Å². The number of hydrogen-bond donors (Lipinski definition) is 0. The maximum atomic E-state index is 8.24. The molecule has 0 aliphatic carbocycles. The van der Waals surface area contributed by atoms with Crippen LogP contribution in [0.25, 0.3) is 10.8 Å². The van der Waals surface area contributed by atoms with Crippen LogP contribution in [0.1, 0.15) is 0 Å². The molecule has 0 rings (SSSR count). The van der Waals surface area contributed by atoms with Gasteiger partial charge in [0.25, 0.3) is 0 Å². The minimum absolute atomic E-state index is 0.500. The van der Waals surface area contributed by atoms with Crippen LogP contribution in [0.15, 0.2) is 0 Å². The molecule has 0 amide bonds. The molecule has 6 heavy (non-hydrogen) atoms. The molecule has 0 heterocycles. The molecule has 0 aliphatic rings. The van der Waals surface area contributed by atoms with Crippen LogP contribution in [0.4, 0.5) is 0 Å². The van der Waals surface area contributed by atoms with Crippen molar-refractivity contribution in [2.75, 3.05) is 0 Å². The predicted molar refractivity (Wildman–Crippen MR) is 18.1 cm³/mol. The molecule has 0 aromatic rings. The third kappa shape index (κ3) is 5.56. The molecule has 0 aromatic heterocycles. The molecule has 32 valence electrons. The van der Waals surface area contributed by atoms with Gasteiger partial charge in [0.05, 0.1) is 0 Å². The lowest BCUT2D eigenvalue weighted by Gasteiger charge is -1.32. The van der Waals surface area contributed by atoms with E-state index >= 15 is 0 Å². The number of carbonyl (C=O) groups excluding carboxylic acids is 2. The van der Waals surface area contributed by atoms with Gasteiger partial charge in [0.1, 0.15) is 0 Å². The maximum Gasteiger partial charge on any atom is -0.0159 e. The van der Waals surface area contributed by atoms with Gasteiger partial charge in [0.15, 0.2) is 0 Å². The first-order valence-electron chi connectivity index (χ1n) is 0.855. The van der Waals surface area contributed by atoms with E-state index in [0.29, 0.717) is 12.2 Å². The fourth-order valence-corrected chi connectivity index (χ4v) is 0. The van der Waals surface area contributed by atoms with Crippen LogP contribution in [-0.2, 0) is 9.59 Å². The van der Waals surface area contributed by atoms with Crippen molar-refractivity contribution in [3.63, 3.8) is 0 Å². The Bertz CT molecular complexity index is 63.5. The summed E-state index contributed by atoms with van der Waals surface area (Å²) in [5, 5.41) is 13.5. The zero-order valence-corrected chi connectivity index (χ0v) is 2.71. The average Bonchev–Trinajstić information content (AvgIpc) is 1.39. The Morgan fingerprint density at radius 2 is 1.00 bits per heavy atom. The fourth-order valence-electron chi connectivity index (χ4n) is 0. The smallest absolute Gasteiger partial charge is 0.0159 e. The van der Waals surface area contributed by atoms with E-state index < -0.39 is 0 Å². The van der Waals surface area contributed by atoms with Gasteiger partial charge in [-0.1, -0.05) is 0 Å². The number of isocyanates is 2. The van der Waals surface area contributed by atoms with Gasteiger partial charge in [-0.25, -0.2) is 0 Å². The third-order valence-corrected chi connectivity index (χ3v) is 0. The SMILES string of the molecule is [N-]=C=O.[N-]=C=O. The van der Waals surface area contributed by atoms with Crippen LogP contribution in [-0.4, -0.2) is 12.2 Å². The normalized spacial score (nSPS) is 2.67. The molecule has 0 fully saturated rings. The van der Waals surface area contributed by atoms with Gasteiger partial charge >= 0.3 is 0 Å². The Labute approximate surface area is 33.8 Å². The van der Waals surface area contributed by atoms with Gasteiger partial charge in [-0.2, -0.15) is 0 Å². The third-order valence-electron chi connectivity index (χ3n) is 0. The first-order valence-corrected chi connectivity index (χ1v) is 0.855. The van der Waals surface area contributed by atoms with Gasteiger partial charge in [-0.05, 0) is 12.2 Å². The first-order chi connectivity index (χ1) is 2.83. The second kappa shape index (κ2) is 49.6. The molecule has 0 N–H and O–H groups in total. The Morgan fingerprint density at radius 3 is 1.00 bits per heavy atom. The van der Waals surface area contributed by atoms with Crippen molar-refractivity contribution in [1.82, 2.24) is 0 Å². The molecule has 0 aliphatic heterocycles. The summed E-state index contributed by atoms with van der Waals surface area (Å²) in [6.45, 7) is 0. The molecular weight excluding hydrogens is 84.0 g/mol. The van der Waals surface area contributed by atoms with Crippen LogP contribution < -0.4 is 0 Å². The van der Waals surface area contributed by atoms with E-state index in [1.54, 1.807) is 0 Å². The summed E-state index contributed by atoms with van der Waals surface area (Å²) in [7, 11) is 0. The molecule has 0 atom stereocenters. The van der Waals surface area contributed by atoms with Crippen LogP contribution >= 0.6 is 0 Å². The summed E-state index contributed by atoms with van der Waals surface area (Å²) in [5.41, 5.74) is 0. The Morgan fingerprint density at radius 1 is 1.00 bits per heavy atom.